The highest BCUT2D eigenvalue weighted by molar-refractivity contribution is 9.10. The van der Waals surface area contributed by atoms with Gasteiger partial charge in [0, 0.05) is 10.9 Å². The first kappa shape index (κ1) is 17.1. The molecule has 112 valence electrons. The van der Waals surface area contributed by atoms with E-state index in [1.54, 1.807) is 12.1 Å². The van der Waals surface area contributed by atoms with Crippen LogP contribution in [0.3, 0.4) is 0 Å². The van der Waals surface area contributed by atoms with E-state index in [0.717, 1.165) is 12.8 Å². The van der Waals surface area contributed by atoms with Crippen LogP contribution < -0.4 is 11.1 Å². The molecule has 0 aliphatic carbocycles. The first-order valence-electron chi connectivity index (χ1n) is 6.89. The summed E-state index contributed by atoms with van der Waals surface area (Å²) in [4.78, 5) is 11.9. The number of carbonyl (C=O) groups is 1. The summed E-state index contributed by atoms with van der Waals surface area (Å²) in [6.45, 7) is 4.89. The lowest BCUT2D eigenvalue weighted by molar-refractivity contribution is -0.116. The molecular formula is C15H22BrFN2O. The molecule has 0 bridgehead atoms. The molecule has 0 fully saturated rings. The molecule has 0 heterocycles. The van der Waals surface area contributed by atoms with E-state index in [2.05, 4.69) is 35.1 Å². The van der Waals surface area contributed by atoms with E-state index >= 15 is 0 Å². The zero-order valence-electron chi connectivity index (χ0n) is 12.0. The predicted molar refractivity (Wildman–Crippen MR) is 84.0 cm³/mol. The maximum absolute atomic E-state index is 13.6. The fraction of sp³-hybridized carbons (Fsp3) is 0.533. The molecule has 0 saturated carbocycles. The van der Waals surface area contributed by atoms with E-state index in [1.807, 2.05) is 0 Å². The van der Waals surface area contributed by atoms with Crippen LogP contribution in [0.5, 0.6) is 0 Å². The molecule has 0 aliphatic rings. The quantitative estimate of drug-likeness (QED) is 0.787. The van der Waals surface area contributed by atoms with Gasteiger partial charge in [-0.05, 0) is 59.3 Å². The van der Waals surface area contributed by atoms with Gasteiger partial charge in [0.05, 0.1) is 5.69 Å². The van der Waals surface area contributed by atoms with Crippen LogP contribution in [0.25, 0.3) is 0 Å². The van der Waals surface area contributed by atoms with Crippen LogP contribution in [0.1, 0.15) is 33.1 Å². The molecule has 0 radical (unpaired) electrons. The molecule has 5 heteroatoms. The Morgan fingerprint density at radius 1 is 1.40 bits per heavy atom. The standard InChI is InChI=1S/C15H22BrFN2O/c1-10(2)11(8-9-18)6-7-14(20)19-15-12(16)4-3-5-13(15)17/h3-5,10-11H,6-9,18H2,1-2H3,(H,19,20). The van der Waals surface area contributed by atoms with E-state index in [4.69, 9.17) is 5.73 Å². The van der Waals surface area contributed by atoms with Gasteiger partial charge >= 0.3 is 0 Å². The minimum atomic E-state index is -0.435. The summed E-state index contributed by atoms with van der Waals surface area (Å²) in [5, 5.41) is 2.62. The molecule has 1 atom stereocenters. The van der Waals surface area contributed by atoms with E-state index in [0.29, 0.717) is 29.3 Å². The van der Waals surface area contributed by atoms with Crippen LogP contribution in [0.4, 0.5) is 10.1 Å². The first-order chi connectivity index (χ1) is 9.45. The number of anilines is 1. The highest BCUT2D eigenvalue weighted by Crippen LogP contribution is 2.26. The SMILES string of the molecule is CC(C)C(CCN)CCC(=O)Nc1c(F)cccc1Br. The van der Waals surface area contributed by atoms with E-state index in [1.165, 1.54) is 6.07 Å². The predicted octanol–water partition coefficient (Wildman–Crippen LogP) is 3.93. The van der Waals surface area contributed by atoms with Gasteiger partial charge in [0.15, 0.2) is 0 Å². The molecular weight excluding hydrogens is 323 g/mol. The van der Waals surface area contributed by atoms with Crippen LogP contribution in [0.15, 0.2) is 22.7 Å². The third kappa shape index (κ3) is 5.21. The number of amides is 1. The lowest BCUT2D eigenvalue weighted by Crippen LogP contribution is -2.19. The van der Waals surface area contributed by atoms with Crippen molar-refractivity contribution in [1.29, 1.82) is 0 Å². The number of nitrogens with one attached hydrogen (secondary N) is 1. The third-order valence-corrected chi connectivity index (χ3v) is 4.11. The molecule has 1 aromatic rings. The Morgan fingerprint density at radius 3 is 2.65 bits per heavy atom. The maximum Gasteiger partial charge on any atom is 0.224 e. The largest absolute Gasteiger partial charge is 0.330 e. The van der Waals surface area contributed by atoms with Gasteiger partial charge in [-0.15, -0.1) is 0 Å². The Balaban J connectivity index is 2.55. The molecule has 0 aliphatic heterocycles. The van der Waals surface area contributed by atoms with Crippen LogP contribution in [-0.2, 0) is 4.79 Å². The Hall–Kier alpha value is -0.940. The first-order valence-corrected chi connectivity index (χ1v) is 7.69. The fourth-order valence-electron chi connectivity index (χ4n) is 2.16. The molecule has 3 N–H and O–H groups in total. The van der Waals surface area contributed by atoms with Crippen LogP contribution >= 0.6 is 15.9 Å². The molecule has 1 aromatic carbocycles. The molecule has 0 saturated heterocycles. The van der Waals surface area contributed by atoms with Gasteiger partial charge in [-0.1, -0.05) is 19.9 Å². The molecule has 1 amide bonds. The van der Waals surface area contributed by atoms with Gasteiger partial charge in [-0.2, -0.15) is 0 Å². The summed E-state index contributed by atoms with van der Waals surface area (Å²) in [7, 11) is 0. The lowest BCUT2D eigenvalue weighted by atomic mass is 9.88. The number of para-hydroxylation sites is 1. The highest BCUT2D eigenvalue weighted by atomic mass is 79.9. The second-order valence-electron chi connectivity index (χ2n) is 5.26. The minimum Gasteiger partial charge on any atom is -0.330 e. The Bertz CT molecular complexity index is 431. The van der Waals surface area contributed by atoms with Crippen molar-refractivity contribution in [3.05, 3.63) is 28.5 Å². The number of benzene rings is 1. The summed E-state index contributed by atoms with van der Waals surface area (Å²) in [6.07, 6.45) is 2.06. The number of halogens is 2. The zero-order chi connectivity index (χ0) is 15.1. The molecule has 1 rings (SSSR count). The highest BCUT2D eigenvalue weighted by Gasteiger charge is 2.16. The van der Waals surface area contributed by atoms with Crippen molar-refractivity contribution in [2.45, 2.75) is 33.1 Å². The van der Waals surface area contributed by atoms with Gasteiger partial charge in [0.2, 0.25) is 5.91 Å². The normalized spacial score (nSPS) is 12.5. The number of hydrogen-bond acceptors (Lipinski definition) is 2. The van der Waals surface area contributed by atoms with Gasteiger partial charge < -0.3 is 11.1 Å². The second-order valence-corrected chi connectivity index (χ2v) is 6.12. The number of nitrogens with two attached hydrogens (primary N) is 1. The average molecular weight is 345 g/mol. The summed E-state index contributed by atoms with van der Waals surface area (Å²) < 4.78 is 14.1. The maximum atomic E-state index is 13.6. The Labute approximate surface area is 128 Å². The topological polar surface area (TPSA) is 55.1 Å². The van der Waals surface area contributed by atoms with Crippen LogP contribution in [-0.4, -0.2) is 12.5 Å². The minimum absolute atomic E-state index is 0.168. The van der Waals surface area contributed by atoms with Crippen molar-refractivity contribution in [3.8, 4) is 0 Å². The van der Waals surface area contributed by atoms with Crippen molar-refractivity contribution >= 4 is 27.5 Å². The van der Waals surface area contributed by atoms with Crippen molar-refractivity contribution in [2.24, 2.45) is 17.6 Å². The average Bonchev–Trinajstić information content (AvgIpc) is 2.38. The summed E-state index contributed by atoms with van der Waals surface area (Å²) in [5.41, 5.74) is 5.79. The fourth-order valence-corrected chi connectivity index (χ4v) is 2.60. The number of rotatable bonds is 7. The van der Waals surface area contributed by atoms with E-state index < -0.39 is 5.82 Å². The van der Waals surface area contributed by atoms with Crippen molar-refractivity contribution < 1.29 is 9.18 Å². The molecule has 0 spiro atoms. The molecule has 0 aromatic heterocycles. The lowest BCUT2D eigenvalue weighted by Gasteiger charge is -2.19. The smallest absolute Gasteiger partial charge is 0.224 e. The summed E-state index contributed by atoms with van der Waals surface area (Å²) in [5.74, 6) is 0.315. The van der Waals surface area contributed by atoms with Crippen molar-refractivity contribution in [1.82, 2.24) is 0 Å². The summed E-state index contributed by atoms with van der Waals surface area (Å²) in [6, 6.07) is 4.61. The Morgan fingerprint density at radius 2 is 2.10 bits per heavy atom. The number of hydrogen-bond donors (Lipinski definition) is 2. The monoisotopic (exact) mass is 344 g/mol. The molecule has 1 unspecified atom stereocenters. The zero-order valence-corrected chi connectivity index (χ0v) is 13.5. The Kier molecular flexibility index (Phi) is 7.16. The van der Waals surface area contributed by atoms with Crippen LogP contribution in [0, 0.1) is 17.7 Å². The van der Waals surface area contributed by atoms with Gasteiger partial charge in [-0.25, -0.2) is 4.39 Å². The van der Waals surface area contributed by atoms with E-state index in [-0.39, 0.29) is 11.6 Å². The second kappa shape index (κ2) is 8.37. The molecule has 3 nitrogen and oxygen atoms in total. The van der Waals surface area contributed by atoms with Gasteiger partial charge in [0.1, 0.15) is 5.82 Å². The molecule has 20 heavy (non-hydrogen) atoms. The van der Waals surface area contributed by atoms with Crippen molar-refractivity contribution in [2.75, 3.05) is 11.9 Å². The summed E-state index contributed by atoms with van der Waals surface area (Å²) >= 11 is 3.23. The van der Waals surface area contributed by atoms with Crippen LogP contribution in [0.2, 0.25) is 0 Å². The number of carbonyl (C=O) groups excluding carboxylic acids is 1. The third-order valence-electron chi connectivity index (χ3n) is 3.45. The van der Waals surface area contributed by atoms with Gasteiger partial charge in [0.25, 0.3) is 0 Å². The van der Waals surface area contributed by atoms with Crippen molar-refractivity contribution in [3.63, 3.8) is 0 Å². The van der Waals surface area contributed by atoms with E-state index in [9.17, 15) is 9.18 Å². The van der Waals surface area contributed by atoms with Gasteiger partial charge in [-0.3, -0.25) is 4.79 Å².